The molecular weight excluding hydrogens is 176 g/mol. The van der Waals surface area contributed by atoms with Gasteiger partial charge in [-0.3, -0.25) is 0 Å². The van der Waals surface area contributed by atoms with E-state index in [1.54, 1.807) is 7.11 Å². The molecule has 0 aromatic rings. The molecule has 0 aliphatic carbocycles. The van der Waals surface area contributed by atoms with Gasteiger partial charge in [0.25, 0.3) is 0 Å². The van der Waals surface area contributed by atoms with Gasteiger partial charge in [-0.25, -0.2) is 0 Å². The van der Waals surface area contributed by atoms with Gasteiger partial charge >= 0.3 is 0 Å². The van der Waals surface area contributed by atoms with Crippen molar-refractivity contribution < 1.29 is 4.74 Å². The average Bonchev–Trinajstić information content (AvgIpc) is 2.25. The number of nitrogens with one attached hydrogen (secondary N) is 1. The fourth-order valence-corrected chi connectivity index (χ4v) is 1.77. The summed E-state index contributed by atoms with van der Waals surface area (Å²) in [5, 5.41) is 3.20. The van der Waals surface area contributed by atoms with Crippen molar-refractivity contribution in [2.24, 2.45) is 0 Å². The zero-order chi connectivity index (χ0) is 10.2. The maximum atomic E-state index is 5.31. The molecule has 0 atom stereocenters. The van der Waals surface area contributed by atoms with Gasteiger partial charge in [0.2, 0.25) is 0 Å². The van der Waals surface area contributed by atoms with Gasteiger partial charge in [-0.1, -0.05) is 5.92 Å². The highest BCUT2D eigenvalue weighted by molar-refractivity contribution is 4.86. The normalized spacial score (nSPS) is 19.4. The summed E-state index contributed by atoms with van der Waals surface area (Å²) in [7, 11) is 1.80. The lowest BCUT2D eigenvalue weighted by Gasteiger charge is -2.31. The van der Waals surface area contributed by atoms with Crippen LogP contribution in [-0.4, -0.2) is 50.8 Å². The lowest BCUT2D eigenvalue weighted by Crippen LogP contribution is -2.40. The van der Waals surface area contributed by atoms with Crippen LogP contribution in [0.2, 0.25) is 0 Å². The molecule has 1 rings (SSSR count). The predicted molar refractivity (Wildman–Crippen MR) is 58.2 cm³/mol. The Hall–Kier alpha value is -0.560. The van der Waals surface area contributed by atoms with Crippen molar-refractivity contribution in [1.82, 2.24) is 10.2 Å². The Labute approximate surface area is 86.8 Å². The van der Waals surface area contributed by atoms with Gasteiger partial charge in [-0.05, 0) is 12.8 Å². The summed E-state index contributed by atoms with van der Waals surface area (Å²) in [4.78, 5) is 2.46. The van der Waals surface area contributed by atoms with E-state index in [2.05, 4.69) is 16.1 Å². The second kappa shape index (κ2) is 6.83. The molecule has 3 heteroatoms. The number of methoxy groups -OCH3 is 1. The highest BCUT2D eigenvalue weighted by Crippen LogP contribution is 2.11. The number of terminal acetylenes is 1. The van der Waals surface area contributed by atoms with Crippen molar-refractivity contribution in [2.75, 3.05) is 39.8 Å². The van der Waals surface area contributed by atoms with E-state index in [4.69, 9.17) is 11.2 Å². The molecule has 1 saturated heterocycles. The van der Waals surface area contributed by atoms with Crippen molar-refractivity contribution in [3.05, 3.63) is 0 Å². The standard InChI is InChI=1S/C11H20N2O/c1-3-6-12-7-10-13-8-4-11(14-2)5-9-13/h1,11-12H,4-10H2,2H3. The van der Waals surface area contributed by atoms with E-state index in [9.17, 15) is 0 Å². The van der Waals surface area contributed by atoms with Gasteiger partial charge < -0.3 is 15.0 Å². The van der Waals surface area contributed by atoms with E-state index in [-0.39, 0.29) is 0 Å². The molecule has 0 aromatic carbocycles. The first kappa shape index (κ1) is 11.5. The second-order valence-electron chi connectivity index (χ2n) is 3.66. The van der Waals surface area contributed by atoms with Crippen molar-refractivity contribution in [3.8, 4) is 12.3 Å². The summed E-state index contributed by atoms with van der Waals surface area (Å²) in [5.74, 6) is 2.57. The number of hydrogen-bond donors (Lipinski definition) is 1. The number of ether oxygens (including phenoxy) is 1. The Morgan fingerprint density at radius 1 is 1.50 bits per heavy atom. The summed E-state index contributed by atoms with van der Waals surface area (Å²) in [6.45, 7) is 5.06. The van der Waals surface area contributed by atoms with Crippen LogP contribution in [0.3, 0.4) is 0 Å². The van der Waals surface area contributed by atoms with Gasteiger partial charge in [0.1, 0.15) is 0 Å². The number of likely N-dealkylation sites (tertiary alicyclic amines) is 1. The maximum Gasteiger partial charge on any atom is 0.0595 e. The third kappa shape index (κ3) is 4.10. The van der Waals surface area contributed by atoms with E-state index in [0.717, 1.165) is 39.0 Å². The Morgan fingerprint density at radius 2 is 2.21 bits per heavy atom. The molecule has 0 radical (unpaired) electrons. The smallest absolute Gasteiger partial charge is 0.0595 e. The molecule has 0 spiro atoms. The van der Waals surface area contributed by atoms with Gasteiger partial charge in [0.15, 0.2) is 0 Å². The third-order valence-corrected chi connectivity index (χ3v) is 2.70. The highest BCUT2D eigenvalue weighted by atomic mass is 16.5. The zero-order valence-electron chi connectivity index (χ0n) is 8.96. The second-order valence-corrected chi connectivity index (χ2v) is 3.66. The predicted octanol–water partition coefficient (Wildman–Crippen LogP) is 0.320. The molecule has 1 N–H and O–H groups in total. The minimum Gasteiger partial charge on any atom is -0.381 e. The fourth-order valence-electron chi connectivity index (χ4n) is 1.77. The van der Waals surface area contributed by atoms with Gasteiger partial charge in [-0.15, -0.1) is 6.42 Å². The first-order valence-corrected chi connectivity index (χ1v) is 5.26. The number of rotatable bonds is 5. The summed E-state index contributed by atoms with van der Waals surface area (Å²) in [5.41, 5.74) is 0. The maximum absolute atomic E-state index is 5.31. The molecule has 0 amide bonds. The highest BCUT2D eigenvalue weighted by Gasteiger charge is 2.17. The van der Waals surface area contributed by atoms with Gasteiger partial charge in [0, 0.05) is 33.3 Å². The molecule has 1 heterocycles. The van der Waals surface area contributed by atoms with Crippen LogP contribution in [0.25, 0.3) is 0 Å². The Bertz CT molecular complexity index is 180. The van der Waals surface area contributed by atoms with Crippen molar-refractivity contribution >= 4 is 0 Å². The molecule has 14 heavy (non-hydrogen) atoms. The SMILES string of the molecule is C#CCNCCN1CCC(OC)CC1. The van der Waals surface area contributed by atoms with E-state index < -0.39 is 0 Å². The Balaban J connectivity index is 2.02. The largest absolute Gasteiger partial charge is 0.381 e. The van der Waals surface area contributed by atoms with E-state index in [1.165, 1.54) is 0 Å². The molecule has 0 bridgehead atoms. The van der Waals surface area contributed by atoms with Gasteiger partial charge in [-0.2, -0.15) is 0 Å². The minimum atomic E-state index is 0.477. The Morgan fingerprint density at radius 3 is 2.79 bits per heavy atom. The average molecular weight is 196 g/mol. The molecule has 3 nitrogen and oxygen atoms in total. The van der Waals surface area contributed by atoms with Crippen molar-refractivity contribution in [2.45, 2.75) is 18.9 Å². The lowest BCUT2D eigenvalue weighted by atomic mass is 10.1. The molecule has 80 valence electrons. The number of hydrogen-bond acceptors (Lipinski definition) is 3. The zero-order valence-corrected chi connectivity index (χ0v) is 8.96. The summed E-state index contributed by atoms with van der Waals surface area (Å²) >= 11 is 0. The van der Waals surface area contributed by atoms with Crippen molar-refractivity contribution in [1.29, 1.82) is 0 Å². The number of piperidine rings is 1. The summed E-state index contributed by atoms with van der Waals surface area (Å²) in [6.07, 6.45) is 7.93. The van der Waals surface area contributed by atoms with Crippen LogP contribution in [0.5, 0.6) is 0 Å². The third-order valence-electron chi connectivity index (χ3n) is 2.70. The Kier molecular flexibility index (Phi) is 5.62. The lowest BCUT2D eigenvalue weighted by molar-refractivity contribution is 0.0415. The monoisotopic (exact) mass is 196 g/mol. The summed E-state index contributed by atoms with van der Waals surface area (Å²) < 4.78 is 5.31. The molecular formula is C11H20N2O. The van der Waals surface area contributed by atoms with E-state index in [1.807, 2.05) is 0 Å². The van der Waals surface area contributed by atoms with Crippen LogP contribution in [0.1, 0.15) is 12.8 Å². The van der Waals surface area contributed by atoms with Crippen LogP contribution in [-0.2, 0) is 4.74 Å². The molecule has 1 aliphatic rings. The minimum absolute atomic E-state index is 0.477. The van der Waals surface area contributed by atoms with Crippen LogP contribution in [0.4, 0.5) is 0 Å². The quantitative estimate of drug-likeness (QED) is 0.506. The van der Waals surface area contributed by atoms with E-state index >= 15 is 0 Å². The molecule has 0 saturated carbocycles. The van der Waals surface area contributed by atoms with Crippen LogP contribution < -0.4 is 5.32 Å². The topological polar surface area (TPSA) is 24.5 Å². The van der Waals surface area contributed by atoms with Crippen LogP contribution in [0.15, 0.2) is 0 Å². The van der Waals surface area contributed by atoms with Crippen LogP contribution >= 0.6 is 0 Å². The first-order chi connectivity index (χ1) is 6.86. The molecule has 0 aromatic heterocycles. The molecule has 0 unspecified atom stereocenters. The van der Waals surface area contributed by atoms with Crippen LogP contribution in [0, 0.1) is 12.3 Å². The number of nitrogens with zero attached hydrogens (tertiary/aromatic N) is 1. The molecule has 1 aliphatic heterocycles. The first-order valence-electron chi connectivity index (χ1n) is 5.26. The van der Waals surface area contributed by atoms with E-state index in [0.29, 0.717) is 12.6 Å². The van der Waals surface area contributed by atoms with Crippen molar-refractivity contribution in [3.63, 3.8) is 0 Å². The fraction of sp³-hybridized carbons (Fsp3) is 0.818. The molecule has 1 fully saturated rings. The van der Waals surface area contributed by atoms with Gasteiger partial charge in [0.05, 0.1) is 12.6 Å². The summed E-state index contributed by atoms with van der Waals surface area (Å²) in [6, 6.07) is 0.